The van der Waals surface area contributed by atoms with Gasteiger partial charge in [-0.15, -0.1) is 0 Å². The van der Waals surface area contributed by atoms with Crippen molar-refractivity contribution >= 4 is 29.8 Å². The van der Waals surface area contributed by atoms with Gasteiger partial charge in [-0.05, 0) is 23.8 Å². The molecule has 0 spiro atoms. The molecule has 24 heavy (non-hydrogen) atoms. The van der Waals surface area contributed by atoms with Crippen LogP contribution in [0.2, 0.25) is 0 Å². The Labute approximate surface area is 157 Å². The van der Waals surface area contributed by atoms with Crippen molar-refractivity contribution in [2.24, 2.45) is 0 Å². The minimum atomic E-state index is -0.833. The Balaban J connectivity index is 0.000000522. The zero-order valence-corrected chi connectivity index (χ0v) is 16.3. The molecule has 0 fully saturated rings. The summed E-state index contributed by atoms with van der Waals surface area (Å²) in [5.41, 5.74) is 0. The van der Waals surface area contributed by atoms with Gasteiger partial charge in [0.2, 0.25) is 0 Å². The van der Waals surface area contributed by atoms with E-state index < -0.39 is 13.9 Å². The Bertz CT molecular complexity index is 620. The average molecular weight is 425 g/mol. The summed E-state index contributed by atoms with van der Waals surface area (Å²) in [6, 6.07) is 32.3. The van der Waals surface area contributed by atoms with Crippen LogP contribution >= 0.6 is 7.92 Å². The molecule has 3 rings (SSSR count). The maximum absolute atomic E-state index is 9.00. The van der Waals surface area contributed by atoms with Crippen molar-refractivity contribution in [3.63, 3.8) is 0 Å². The Morgan fingerprint density at radius 2 is 0.875 bits per heavy atom. The van der Waals surface area contributed by atoms with Crippen molar-refractivity contribution in [2.75, 3.05) is 0 Å². The zero-order valence-electron chi connectivity index (χ0n) is 13.4. The number of hydrogen-bond donors (Lipinski definition) is 1. The van der Waals surface area contributed by atoms with Gasteiger partial charge in [0, 0.05) is 6.92 Å². The summed E-state index contributed by atoms with van der Waals surface area (Å²) >= 11 is 0. The van der Waals surface area contributed by atoms with Gasteiger partial charge in [0.25, 0.3) is 5.97 Å². The molecular formula is C20H21O2PRu. The number of benzene rings is 3. The summed E-state index contributed by atoms with van der Waals surface area (Å²) in [6.07, 6.45) is 0. The standard InChI is InChI=1S/C18H15P.C2H4O2.Ru.2H/c1-4-10-16(11-5-1)19(17-12-6-2-7-13-17)18-14-8-3-9-15-18;1-2(3)4;;;/h1-15H;1H3,(H,3,4);;;. The first-order valence-electron chi connectivity index (χ1n) is 7.33. The molecule has 0 aliphatic heterocycles. The van der Waals surface area contributed by atoms with Gasteiger partial charge in [-0.3, -0.25) is 4.79 Å². The Kier molecular flexibility index (Phi) is 9.16. The number of hydrogen-bond acceptors (Lipinski definition) is 1. The van der Waals surface area contributed by atoms with E-state index in [1.165, 1.54) is 15.9 Å². The molecule has 0 aliphatic rings. The van der Waals surface area contributed by atoms with E-state index >= 15 is 0 Å². The molecule has 4 heteroatoms. The van der Waals surface area contributed by atoms with Crippen LogP contribution in [-0.2, 0) is 24.3 Å². The SMILES string of the molecule is CC(=O)O.[RuH2].c1ccc(P(c2ccccc2)c2ccccc2)cc1. The molecule has 0 aliphatic carbocycles. The number of carboxylic acids is 1. The first-order valence-corrected chi connectivity index (χ1v) is 8.67. The van der Waals surface area contributed by atoms with Crippen molar-refractivity contribution in [3.8, 4) is 0 Å². The fourth-order valence-electron chi connectivity index (χ4n) is 2.18. The van der Waals surface area contributed by atoms with E-state index in [0.717, 1.165) is 6.92 Å². The molecule has 0 amide bonds. The van der Waals surface area contributed by atoms with Crippen molar-refractivity contribution < 1.29 is 29.4 Å². The van der Waals surface area contributed by atoms with Crippen LogP contribution in [0.3, 0.4) is 0 Å². The van der Waals surface area contributed by atoms with Gasteiger partial charge in [0.05, 0.1) is 0 Å². The molecule has 0 heterocycles. The summed E-state index contributed by atoms with van der Waals surface area (Å²) in [7, 11) is -0.446. The summed E-state index contributed by atoms with van der Waals surface area (Å²) in [6.45, 7) is 1.08. The van der Waals surface area contributed by atoms with Gasteiger partial charge in [-0.1, -0.05) is 91.0 Å². The Morgan fingerprint density at radius 3 is 1.08 bits per heavy atom. The number of aliphatic carboxylic acids is 1. The molecule has 0 saturated heterocycles. The van der Waals surface area contributed by atoms with Crippen molar-refractivity contribution in [2.45, 2.75) is 6.92 Å². The summed E-state index contributed by atoms with van der Waals surface area (Å²) < 4.78 is 0. The minimum Gasteiger partial charge on any atom is -0.0622 e. The zero-order chi connectivity index (χ0) is 16.5. The van der Waals surface area contributed by atoms with E-state index in [1.807, 2.05) is 0 Å². The van der Waals surface area contributed by atoms with Crippen LogP contribution in [-0.4, -0.2) is 11.1 Å². The molecule has 0 unspecified atom stereocenters. The smallest absolute Gasteiger partial charge is 0.0134 e. The number of carboxylic acid groups (broad SMARTS) is 1. The van der Waals surface area contributed by atoms with Gasteiger partial charge in [0.1, 0.15) is 0 Å². The average Bonchev–Trinajstić information content (AvgIpc) is 2.58. The van der Waals surface area contributed by atoms with Crippen LogP contribution in [0.1, 0.15) is 6.92 Å². The van der Waals surface area contributed by atoms with Crippen LogP contribution in [0.25, 0.3) is 0 Å². The second-order valence-corrected chi connectivity index (χ2v) is 7.08. The second-order valence-electron chi connectivity index (χ2n) is 4.86. The predicted molar refractivity (Wildman–Crippen MR) is 101 cm³/mol. The molecule has 2 nitrogen and oxygen atoms in total. The fourth-order valence-corrected chi connectivity index (χ4v) is 4.48. The quantitative estimate of drug-likeness (QED) is 0.518. The van der Waals surface area contributed by atoms with E-state index in [4.69, 9.17) is 9.90 Å². The van der Waals surface area contributed by atoms with Gasteiger partial charge in [-0.25, -0.2) is 0 Å². The van der Waals surface area contributed by atoms with Crippen LogP contribution in [0, 0.1) is 0 Å². The first-order chi connectivity index (χ1) is 11.2. The van der Waals surface area contributed by atoms with Crippen LogP contribution in [0.5, 0.6) is 0 Å². The van der Waals surface area contributed by atoms with E-state index in [2.05, 4.69) is 91.0 Å². The van der Waals surface area contributed by atoms with Gasteiger partial charge < -0.3 is 5.11 Å². The Hall–Kier alpha value is -1.82. The normalized spacial score (nSPS) is 9.42. The molecular weight excluding hydrogens is 404 g/mol. The van der Waals surface area contributed by atoms with E-state index in [0.29, 0.717) is 0 Å². The summed E-state index contributed by atoms with van der Waals surface area (Å²) in [5, 5.41) is 11.6. The number of rotatable bonds is 3. The molecule has 0 saturated carbocycles. The van der Waals surface area contributed by atoms with Crippen LogP contribution < -0.4 is 15.9 Å². The van der Waals surface area contributed by atoms with Crippen LogP contribution in [0.4, 0.5) is 0 Å². The largest absolute Gasteiger partial charge is 0.0622 e. The van der Waals surface area contributed by atoms with Crippen molar-refractivity contribution in [1.82, 2.24) is 0 Å². The summed E-state index contributed by atoms with van der Waals surface area (Å²) in [5.74, 6) is -0.833. The third-order valence-corrected chi connectivity index (χ3v) is 5.49. The molecule has 0 bridgehead atoms. The summed E-state index contributed by atoms with van der Waals surface area (Å²) in [4.78, 5) is 9.00. The molecule has 126 valence electrons. The van der Waals surface area contributed by atoms with E-state index in [1.54, 1.807) is 0 Å². The topological polar surface area (TPSA) is 37.3 Å². The molecule has 3 aromatic carbocycles. The second kappa shape index (κ2) is 10.9. The first kappa shape index (κ1) is 20.2. The minimum absolute atomic E-state index is 0. The third kappa shape index (κ3) is 6.36. The van der Waals surface area contributed by atoms with Crippen molar-refractivity contribution in [1.29, 1.82) is 0 Å². The van der Waals surface area contributed by atoms with E-state index in [-0.39, 0.29) is 19.5 Å². The van der Waals surface area contributed by atoms with Gasteiger partial charge in [0.15, 0.2) is 0 Å². The maximum Gasteiger partial charge on any atom is -0.0134 e. The molecule has 0 radical (unpaired) electrons. The molecule has 1 N–H and O–H groups in total. The molecule has 0 atom stereocenters. The van der Waals surface area contributed by atoms with Gasteiger partial charge in [-0.2, -0.15) is 0 Å². The molecule has 3 aromatic rings. The van der Waals surface area contributed by atoms with Crippen LogP contribution in [0.15, 0.2) is 91.0 Å². The predicted octanol–water partition coefficient (Wildman–Crippen LogP) is 3.00. The maximum atomic E-state index is 9.00. The van der Waals surface area contributed by atoms with E-state index in [9.17, 15) is 0 Å². The fraction of sp³-hybridized carbons (Fsp3) is 0.0500. The monoisotopic (exact) mass is 426 g/mol. The van der Waals surface area contributed by atoms with Gasteiger partial charge >= 0.3 is 19.5 Å². The molecule has 0 aromatic heterocycles. The number of carbonyl (C=O) groups is 1. The Morgan fingerprint density at radius 1 is 0.667 bits per heavy atom. The third-order valence-electron chi connectivity index (χ3n) is 3.04. The van der Waals surface area contributed by atoms with Crippen molar-refractivity contribution in [3.05, 3.63) is 91.0 Å².